The Hall–Kier alpha value is -0.910. The Morgan fingerprint density at radius 3 is 2.28 bits per heavy atom. The van der Waals surface area contributed by atoms with Crippen LogP contribution < -0.4 is 0 Å². The quantitative estimate of drug-likeness (QED) is 0.684. The summed E-state index contributed by atoms with van der Waals surface area (Å²) in [4.78, 5) is 15.1. The Morgan fingerprint density at radius 2 is 1.76 bits per heavy atom. The minimum atomic E-state index is -4.41. The van der Waals surface area contributed by atoms with E-state index in [1.54, 1.807) is 6.92 Å². The number of piperazine rings is 1. The SMILES string of the molecule is CCN(C)S(=O)(=O)N1CCN([C@H]2CCCN(CC(F)(F)F)C2=O)CC1. The first-order valence-electron chi connectivity index (χ1n) is 8.37. The van der Waals surface area contributed by atoms with Crippen LogP contribution in [0.3, 0.4) is 0 Å². The molecule has 0 saturated carbocycles. The summed E-state index contributed by atoms with van der Waals surface area (Å²) in [7, 11) is -2.02. The molecule has 0 spiro atoms. The number of amides is 1. The summed E-state index contributed by atoms with van der Waals surface area (Å²) in [6, 6.07) is -0.593. The van der Waals surface area contributed by atoms with Gasteiger partial charge in [0.2, 0.25) is 5.91 Å². The number of hydrogen-bond donors (Lipinski definition) is 0. The second-order valence-corrected chi connectivity index (χ2v) is 8.43. The predicted octanol–water partition coefficient (Wildman–Crippen LogP) is 0.354. The largest absolute Gasteiger partial charge is 0.406 e. The molecule has 0 aromatic rings. The number of rotatable bonds is 5. The Kier molecular flexibility index (Phi) is 6.34. The van der Waals surface area contributed by atoms with Gasteiger partial charge in [-0.15, -0.1) is 0 Å². The number of hydrogen-bond acceptors (Lipinski definition) is 4. The first kappa shape index (κ1) is 20.4. The number of carbonyl (C=O) groups is 1. The van der Waals surface area contributed by atoms with Gasteiger partial charge in [-0.1, -0.05) is 6.92 Å². The Balaban J connectivity index is 1.97. The first-order valence-corrected chi connectivity index (χ1v) is 9.77. The highest BCUT2D eigenvalue weighted by Crippen LogP contribution is 2.24. The third-order valence-corrected chi connectivity index (χ3v) is 6.82. The van der Waals surface area contributed by atoms with Gasteiger partial charge in [0.15, 0.2) is 0 Å². The van der Waals surface area contributed by atoms with E-state index in [1.807, 2.05) is 4.90 Å². The van der Waals surface area contributed by atoms with Crippen LogP contribution in [0.5, 0.6) is 0 Å². The molecule has 25 heavy (non-hydrogen) atoms. The normalized spacial score (nSPS) is 25.0. The van der Waals surface area contributed by atoms with E-state index in [-0.39, 0.29) is 19.6 Å². The molecular weight excluding hydrogens is 361 g/mol. The van der Waals surface area contributed by atoms with Crippen molar-refractivity contribution in [3.05, 3.63) is 0 Å². The molecule has 0 unspecified atom stereocenters. The molecule has 146 valence electrons. The lowest BCUT2D eigenvalue weighted by atomic mass is 10.0. The minimum Gasteiger partial charge on any atom is -0.332 e. The second kappa shape index (κ2) is 7.77. The van der Waals surface area contributed by atoms with E-state index in [1.165, 1.54) is 15.7 Å². The summed E-state index contributed by atoms with van der Waals surface area (Å²) < 4.78 is 65.0. The van der Waals surface area contributed by atoms with Crippen LogP contribution >= 0.6 is 0 Å². The molecule has 7 nitrogen and oxygen atoms in total. The van der Waals surface area contributed by atoms with Gasteiger partial charge in [-0.25, -0.2) is 0 Å². The van der Waals surface area contributed by atoms with E-state index in [0.717, 1.165) is 4.90 Å². The molecule has 0 bridgehead atoms. The third-order valence-electron chi connectivity index (χ3n) is 4.75. The summed E-state index contributed by atoms with van der Waals surface area (Å²) in [6.45, 7) is 2.13. The number of halogens is 3. The van der Waals surface area contributed by atoms with Crippen LogP contribution in [0.15, 0.2) is 0 Å². The summed E-state index contributed by atoms with van der Waals surface area (Å²) in [6.07, 6.45) is -3.38. The molecule has 1 amide bonds. The van der Waals surface area contributed by atoms with E-state index in [9.17, 15) is 26.4 Å². The zero-order chi connectivity index (χ0) is 18.8. The highest BCUT2D eigenvalue weighted by molar-refractivity contribution is 7.86. The number of likely N-dealkylation sites (tertiary alicyclic amines) is 1. The molecule has 2 aliphatic heterocycles. The van der Waals surface area contributed by atoms with E-state index in [2.05, 4.69) is 0 Å². The predicted molar refractivity (Wildman–Crippen MR) is 86.0 cm³/mol. The molecule has 2 heterocycles. The first-order chi connectivity index (χ1) is 11.6. The molecule has 11 heteroatoms. The van der Waals surface area contributed by atoms with Crippen molar-refractivity contribution in [1.29, 1.82) is 0 Å². The average Bonchev–Trinajstić information content (AvgIpc) is 2.55. The Morgan fingerprint density at radius 1 is 1.16 bits per heavy atom. The van der Waals surface area contributed by atoms with Crippen LogP contribution in [-0.4, -0.2) is 97.8 Å². The lowest BCUT2D eigenvalue weighted by molar-refractivity contribution is -0.168. The van der Waals surface area contributed by atoms with Crippen molar-refractivity contribution < 1.29 is 26.4 Å². The van der Waals surface area contributed by atoms with Gasteiger partial charge in [-0.2, -0.15) is 30.2 Å². The maximum Gasteiger partial charge on any atom is 0.406 e. The molecule has 2 rings (SSSR count). The van der Waals surface area contributed by atoms with Crippen molar-refractivity contribution >= 4 is 16.1 Å². The van der Waals surface area contributed by atoms with Gasteiger partial charge in [0.05, 0.1) is 6.04 Å². The second-order valence-electron chi connectivity index (χ2n) is 6.39. The van der Waals surface area contributed by atoms with Crippen LogP contribution in [0.25, 0.3) is 0 Å². The van der Waals surface area contributed by atoms with Crippen LogP contribution in [0, 0.1) is 0 Å². The fraction of sp³-hybridized carbons (Fsp3) is 0.929. The maximum absolute atomic E-state index is 12.6. The van der Waals surface area contributed by atoms with Crippen LogP contribution in [-0.2, 0) is 15.0 Å². The molecule has 1 atom stereocenters. The van der Waals surface area contributed by atoms with E-state index >= 15 is 0 Å². The fourth-order valence-electron chi connectivity index (χ4n) is 3.24. The van der Waals surface area contributed by atoms with E-state index < -0.39 is 34.9 Å². The van der Waals surface area contributed by atoms with Crippen LogP contribution in [0.4, 0.5) is 13.2 Å². The van der Waals surface area contributed by atoms with Crippen LogP contribution in [0.2, 0.25) is 0 Å². The summed E-state index contributed by atoms with van der Waals surface area (Å²) in [5.41, 5.74) is 0. The summed E-state index contributed by atoms with van der Waals surface area (Å²) in [5, 5.41) is 0. The summed E-state index contributed by atoms with van der Waals surface area (Å²) >= 11 is 0. The standard InChI is InChI=1S/C14H25F3N4O3S/c1-3-18(2)25(23,24)21-9-7-19(8-10-21)12-5-4-6-20(13(12)22)11-14(15,16)17/h12H,3-11H2,1-2H3/t12-/m0/s1. The van der Waals surface area contributed by atoms with E-state index in [4.69, 9.17) is 0 Å². The molecule has 2 fully saturated rings. The van der Waals surface area contributed by atoms with Gasteiger partial charge in [-0.05, 0) is 12.8 Å². The zero-order valence-corrected chi connectivity index (χ0v) is 15.3. The molecule has 0 aliphatic carbocycles. The van der Waals surface area contributed by atoms with Crippen molar-refractivity contribution in [2.45, 2.75) is 32.0 Å². The zero-order valence-electron chi connectivity index (χ0n) is 14.5. The van der Waals surface area contributed by atoms with Crippen molar-refractivity contribution in [1.82, 2.24) is 18.4 Å². The lowest BCUT2D eigenvalue weighted by Crippen LogP contribution is -2.60. The third kappa shape index (κ3) is 4.83. The van der Waals surface area contributed by atoms with Gasteiger partial charge in [0.25, 0.3) is 10.2 Å². The number of piperidine rings is 1. The highest BCUT2D eigenvalue weighted by atomic mass is 32.2. The maximum atomic E-state index is 12.6. The van der Waals surface area contributed by atoms with Gasteiger partial charge < -0.3 is 4.90 Å². The summed E-state index contributed by atoms with van der Waals surface area (Å²) in [5.74, 6) is -0.509. The molecule has 2 saturated heterocycles. The molecule has 0 N–H and O–H groups in total. The fourth-order valence-corrected chi connectivity index (χ4v) is 4.58. The number of carbonyl (C=O) groups excluding carboxylic acids is 1. The topological polar surface area (TPSA) is 64.2 Å². The monoisotopic (exact) mass is 386 g/mol. The molecule has 0 aromatic heterocycles. The van der Waals surface area contributed by atoms with E-state index in [0.29, 0.717) is 32.5 Å². The Labute approximate surface area is 146 Å². The molecular formula is C14H25F3N4O3S. The minimum absolute atomic E-state index is 0.116. The van der Waals surface area contributed by atoms with Crippen molar-refractivity contribution in [2.24, 2.45) is 0 Å². The molecule has 0 radical (unpaired) electrons. The lowest BCUT2D eigenvalue weighted by Gasteiger charge is -2.42. The van der Waals surface area contributed by atoms with Gasteiger partial charge >= 0.3 is 6.18 Å². The van der Waals surface area contributed by atoms with Crippen molar-refractivity contribution in [3.63, 3.8) is 0 Å². The molecule has 0 aromatic carbocycles. The van der Waals surface area contributed by atoms with Crippen molar-refractivity contribution in [2.75, 3.05) is 52.9 Å². The molecule has 2 aliphatic rings. The highest BCUT2D eigenvalue weighted by Gasteiger charge is 2.41. The number of nitrogens with zero attached hydrogens (tertiary/aromatic N) is 4. The van der Waals surface area contributed by atoms with Gasteiger partial charge in [-0.3, -0.25) is 9.69 Å². The van der Waals surface area contributed by atoms with Gasteiger partial charge in [0, 0.05) is 46.3 Å². The van der Waals surface area contributed by atoms with Crippen LogP contribution in [0.1, 0.15) is 19.8 Å². The average molecular weight is 386 g/mol. The smallest absolute Gasteiger partial charge is 0.332 e. The van der Waals surface area contributed by atoms with Crippen molar-refractivity contribution in [3.8, 4) is 0 Å². The van der Waals surface area contributed by atoms with Gasteiger partial charge in [0.1, 0.15) is 6.54 Å². The Bertz CT molecular complexity index is 576. The number of alkyl halides is 3.